The Morgan fingerprint density at radius 2 is 2.05 bits per heavy atom. The summed E-state index contributed by atoms with van der Waals surface area (Å²) in [4.78, 5) is 17.0. The second kappa shape index (κ2) is 5.93. The number of thiophene rings is 1. The van der Waals surface area contributed by atoms with Gasteiger partial charge in [-0.2, -0.15) is 0 Å². The van der Waals surface area contributed by atoms with Crippen molar-refractivity contribution in [2.24, 2.45) is 0 Å². The lowest BCUT2D eigenvalue weighted by Crippen LogP contribution is -2.21. The highest BCUT2D eigenvalue weighted by molar-refractivity contribution is 7.12. The van der Waals surface area contributed by atoms with Crippen LogP contribution in [0.1, 0.15) is 21.3 Å². The van der Waals surface area contributed by atoms with Crippen LogP contribution in [0.3, 0.4) is 0 Å². The SMILES string of the molecule is Cc1oc(CNC(=O)c2cccs2)nc1-c1ccccc1. The second-order valence-electron chi connectivity index (χ2n) is 4.54. The van der Waals surface area contributed by atoms with E-state index in [0.29, 0.717) is 10.8 Å². The minimum atomic E-state index is -0.109. The Morgan fingerprint density at radius 3 is 2.76 bits per heavy atom. The van der Waals surface area contributed by atoms with Gasteiger partial charge in [0.2, 0.25) is 5.89 Å². The zero-order valence-corrected chi connectivity index (χ0v) is 12.3. The Bertz CT molecular complexity index is 733. The number of rotatable bonds is 4. The highest BCUT2D eigenvalue weighted by Gasteiger charge is 2.13. The number of aryl methyl sites for hydroxylation is 1. The fourth-order valence-corrected chi connectivity index (χ4v) is 2.68. The van der Waals surface area contributed by atoms with Crippen LogP contribution in [0.4, 0.5) is 0 Å². The number of nitrogens with one attached hydrogen (secondary N) is 1. The molecule has 3 aromatic rings. The Labute approximate surface area is 126 Å². The van der Waals surface area contributed by atoms with E-state index in [1.165, 1.54) is 11.3 Å². The standard InChI is InChI=1S/C16H14N2O2S/c1-11-15(12-6-3-2-4-7-12)18-14(20-11)10-17-16(19)13-8-5-9-21-13/h2-9H,10H2,1H3,(H,17,19). The molecule has 0 spiro atoms. The lowest BCUT2D eigenvalue weighted by molar-refractivity contribution is 0.0951. The molecule has 1 amide bonds. The maximum absolute atomic E-state index is 11.9. The summed E-state index contributed by atoms with van der Waals surface area (Å²) in [5.41, 5.74) is 1.82. The average Bonchev–Trinajstić information content (AvgIpc) is 3.15. The number of carbonyl (C=O) groups excluding carboxylic acids is 1. The molecule has 3 rings (SSSR count). The molecule has 0 aliphatic heterocycles. The third-order valence-electron chi connectivity index (χ3n) is 3.03. The molecule has 0 atom stereocenters. The zero-order valence-electron chi connectivity index (χ0n) is 11.5. The molecule has 0 radical (unpaired) electrons. The van der Waals surface area contributed by atoms with Crippen molar-refractivity contribution >= 4 is 17.2 Å². The van der Waals surface area contributed by atoms with Gasteiger partial charge in [-0.1, -0.05) is 36.4 Å². The Kier molecular flexibility index (Phi) is 3.83. The molecule has 0 saturated carbocycles. The molecular weight excluding hydrogens is 284 g/mol. The molecule has 1 aromatic carbocycles. The van der Waals surface area contributed by atoms with Gasteiger partial charge in [-0.25, -0.2) is 4.98 Å². The van der Waals surface area contributed by atoms with Crippen LogP contribution in [0.2, 0.25) is 0 Å². The van der Waals surface area contributed by atoms with Crippen molar-refractivity contribution in [3.05, 3.63) is 64.4 Å². The van der Waals surface area contributed by atoms with Crippen molar-refractivity contribution in [3.8, 4) is 11.3 Å². The number of hydrogen-bond donors (Lipinski definition) is 1. The van der Waals surface area contributed by atoms with Gasteiger partial charge in [0.05, 0.1) is 11.4 Å². The molecule has 0 unspecified atom stereocenters. The van der Waals surface area contributed by atoms with Crippen LogP contribution in [-0.4, -0.2) is 10.9 Å². The molecule has 2 heterocycles. The number of amides is 1. The van der Waals surface area contributed by atoms with Crippen molar-refractivity contribution in [2.75, 3.05) is 0 Å². The molecule has 0 fully saturated rings. The maximum Gasteiger partial charge on any atom is 0.261 e. The highest BCUT2D eigenvalue weighted by Crippen LogP contribution is 2.22. The summed E-state index contributed by atoms with van der Waals surface area (Å²) in [6.45, 7) is 2.16. The highest BCUT2D eigenvalue weighted by atomic mass is 32.1. The van der Waals surface area contributed by atoms with Crippen LogP contribution in [0.25, 0.3) is 11.3 Å². The summed E-state index contributed by atoms with van der Waals surface area (Å²) in [6, 6.07) is 13.5. The summed E-state index contributed by atoms with van der Waals surface area (Å²) in [5, 5.41) is 4.68. The Hall–Kier alpha value is -2.40. The van der Waals surface area contributed by atoms with Crippen molar-refractivity contribution in [3.63, 3.8) is 0 Å². The molecule has 1 N–H and O–H groups in total. The second-order valence-corrected chi connectivity index (χ2v) is 5.49. The van der Waals surface area contributed by atoms with Crippen molar-refractivity contribution in [1.82, 2.24) is 10.3 Å². The first kappa shape index (κ1) is 13.6. The van der Waals surface area contributed by atoms with Gasteiger partial charge < -0.3 is 9.73 Å². The number of carbonyl (C=O) groups is 1. The van der Waals surface area contributed by atoms with E-state index in [4.69, 9.17) is 4.42 Å². The van der Waals surface area contributed by atoms with Gasteiger partial charge in [-0.3, -0.25) is 4.79 Å². The van der Waals surface area contributed by atoms with Crippen LogP contribution in [0.5, 0.6) is 0 Å². The van der Waals surface area contributed by atoms with E-state index in [0.717, 1.165) is 17.0 Å². The predicted octanol–water partition coefficient (Wildman–Crippen LogP) is 3.64. The fourth-order valence-electron chi connectivity index (χ4n) is 2.04. The zero-order chi connectivity index (χ0) is 14.7. The van der Waals surface area contributed by atoms with Crippen LogP contribution in [0.15, 0.2) is 52.3 Å². The smallest absolute Gasteiger partial charge is 0.261 e. The van der Waals surface area contributed by atoms with Crippen LogP contribution in [-0.2, 0) is 6.54 Å². The molecule has 21 heavy (non-hydrogen) atoms. The Morgan fingerprint density at radius 1 is 1.24 bits per heavy atom. The molecular formula is C16H14N2O2S. The summed E-state index contributed by atoms with van der Waals surface area (Å²) in [7, 11) is 0. The minimum absolute atomic E-state index is 0.109. The van der Waals surface area contributed by atoms with Crippen LogP contribution >= 0.6 is 11.3 Å². The van der Waals surface area contributed by atoms with Gasteiger partial charge >= 0.3 is 0 Å². The third-order valence-corrected chi connectivity index (χ3v) is 3.90. The van der Waals surface area contributed by atoms with E-state index >= 15 is 0 Å². The fraction of sp³-hybridized carbons (Fsp3) is 0.125. The summed E-state index contributed by atoms with van der Waals surface area (Å²) >= 11 is 1.41. The quantitative estimate of drug-likeness (QED) is 0.800. The van der Waals surface area contributed by atoms with Gasteiger partial charge in [-0.15, -0.1) is 11.3 Å². The molecule has 0 saturated heterocycles. The lowest BCUT2D eigenvalue weighted by Gasteiger charge is -1.99. The van der Waals surface area contributed by atoms with Crippen LogP contribution in [0, 0.1) is 6.92 Å². The normalized spacial score (nSPS) is 10.5. The molecule has 5 heteroatoms. The first-order valence-electron chi connectivity index (χ1n) is 6.57. The van der Waals surface area contributed by atoms with E-state index < -0.39 is 0 Å². The molecule has 4 nitrogen and oxygen atoms in total. The number of benzene rings is 1. The third kappa shape index (κ3) is 3.03. The number of nitrogens with zero attached hydrogens (tertiary/aromatic N) is 1. The number of aromatic nitrogens is 1. The Balaban J connectivity index is 1.72. The van der Waals surface area contributed by atoms with Crippen molar-refractivity contribution < 1.29 is 9.21 Å². The van der Waals surface area contributed by atoms with E-state index in [9.17, 15) is 4.79 Å². The van der Waals surface area contributed by atoms with Crippen LogP contribution < -0.4 is 5.32 Å². The van der Waals surface area contributed by atoms with Crippen molar-refractivity contribution in [2.45, 2.75) is 13.5 Å². The van der Waals surface area contributed by atoms with Gasteiger partial charge in [0.1, 0.15) is 11.5 Å². The summed E-state index contributed by atoms with van der Waals surface area (Å²) in [6.07, 6.45) is 0. The first-order valence-corrected chi connectivity index (χ1v) is 7.45. The van der Waals surface area contributed by atoms with E-state index in [1.54, 1.807) is 6.07 Å². The number of oxazole rings is 1. The number of hydrogen-bond acceptors (Lipinski definition) is 4. The van der Waals surface area contributed by atoms with E-state index in [2.05, 4.69) is 10.3 Å². The molecule has 0 bridgehead atoms. The molecule has 0 aliphatic carbocycles. The minimum Gasteiger partial charge on any atom is -0.443 e. The van der Waals surface area contributed by atoms with Gasteiger partial charge in [0, 0.05) is 5.56 Å². The largest absolute Gasteiger partial charge is 0.443 e. The summed E-state index contributed by atoms with van der Waals surface area (Å²) in [5.74, 6) is 1.15. The monoisotopic (exact) mass is 298 g/mol. The lowest BCUT2D eigenvalue weighted by atomic mass is 10.1. The predicted molar refractivity (Wildman–Crippen MR) is 82.2 cm³/mol. The van der Waals surface area contributed by atoms with Crippen molar-refractivity contribution in [1.29, 1.82) is 0 Å². The molecule has 106 valence electrons. The van der Waals surface area contributed by atoms with E-state index in [-0.39, 0.29) is 12.5 Å². The first-order chi connectivity index (χ1) is 10.2. The maximum atomic E-state index is 11.9. The topological polar surface area (TPSA) is 55.1 Å². The summed E-state index contributed by atoms with van der Waals surface area (Å²) < 4.78 is 5.61. The average molecular weight is 298 g/mol. The van der Waals surface area contributed by atoms with Gasteiger partial charge in [0.15, 0.2) is 0 Å². The van der Waals surface area contributed by atoms with E-state index in [1.807, 2.05) is 48.7 Å². The van der Waals surface area contributed by atoms with Gasteiger partial charge in [0.25, 0.3) is 5.91 Å². The molecule has 0 aliphatic rings. The van der Waals surface area contributed by atoms with Gasteiger partial charge in [-0.05, 0) is 18.4 Å². The molecule has 2 aromatic heterocycles.